The zero-order chi connectivity index (χ0) is 18.1. The highest BCUT2D eigenvalue weighted by molar-refractivity contribution is 5.94. The standard InChI is InChI=1S/C18H21FN4O2/c1-10(2)20-18(25)16-8-14-7-13(9-23(14)22-16)21-17(24)12-5-4-11(3)15(19)6-12/h4-6,8,10,13H,7,9H2,1-3H3,(H,20,25)(H,21,24). The highest BCUT2D eigenvalue weighted by Gasteiger charge is 2.26. The minimum absolute atomic E-state index is 0.0472. The minimum Gasteiger partial charge on any atom is -0.348 e. The van der Waals surface area contributed by atoms with Crippen molar-refractivity contribution in [2.75, 3.05) is 0 Å². The molecule has 25 heavy (non-hydrogen) atoms. The van der Waals surface area contributed by atoms with Gasteiger partial charge < -0.3 is 10.6 Å². The molecule has 1 unspecified atom stereocenters. The second kappa shape index (κ2) is 6.66. The summed E-state index contributed by atoms with van der Waals surface area (Å²) in [6.45, 7) is 5.92. The van der Waals surface area contributed by atoms with Gasteiger partial charge in [0.15, 0.2) is 0 Å². The molecule has 1 aliphatic rings. The van der Waals surface area contributed by atoms with Gasteiger partial charge in [-0.15, -0.1) is 0 Å². The Morgan fingerprint density at radius 1 is 1.28 bits per heavy atom. The van der Waals surface area contributed by atoms with Gasteiger partial charge in [0, 0.05) is 23.7 Å². The van der Waals surface area contributed by atoms with Crippen molar-refractivity contribution in [2.45, 2.75) is 45.8 Å². The fraction of sp³-hybridized carbons (Fsp3) is 0.389. The summed E-state index contributed by atoms with van der Waals surface area (Å²) in [5.41, 5.74) is 2.08. The normalized spacial score (nSPS) is 16.0. The van der Waals surface area contributed by atoms with E-state index in [1.165, 1.54) is 6.07 Å². The second-order valence-corrected chi connectivity index (χ2v) is 6.67. The van der Waals surface area contributed by atoms with E-state index in [0.717, 1.165) is 5.69 Å². The zero-order valence-electron chi connectivity index (χ0n) is 14.5. The number of nitrogens with zero attached hydrogens (tertiary/aromatic N) is 2. The first-order chi connectivity index (χ1) is 11.8. The number of nitrogens with one attached hydrogen (secondary N) is 2. The summed E-state index contributed by atoms with van der Waals surface area (Å²) in [4.78, 5) is 24.2. The lowest BCUT2D eigenvalue weighted by atomic mass is 10.1. The Balaban J connectivity index is 1.62. The van der Waals surface area contributed by atoms with E-state index in [1.54, 1.807) is 29.8 Å². The third-order valence-electron chi connectivity index (χ3n) is 4.13. The quantitative estimate of drug-likeness (QED) is 0.888. The van der Waals surface area contributed by atoms with Gasteiger partial charge in [-0.3, -0.25) is 14.3 Å². The van der Waals surface area contributed by atoms with Crippen LogP contribution in [0.15, 0.2) is 24.3 Å². The Bertz CT molecular complexity index is 805. The summed E-state index contributed by atoms with van der Waals surface area (Å²) >= 11 is 0. The van der Waals surface area contributed by atoms with Gasteiger partial charge in [-0.25, -0.2) is 4.39 Å². The summed E-state index contributed by atoms with van der Waals surface area (Å²) in [7, 11) is 0. The average molecular weight is 344 g/mol. The van der Waals surface area contributed by atoms with Crippen molar-refractivity contribution in [2.24, 2.45) is 0 Å². The van der Waals surface area contributed by atoms with Crippen molar-refractivity contribution in [1.29, 1.82) is 0 Å². The van der Waals surface area contributed by atoms with Gasteiger partial charge in [0.1, 0.15) is 11.5 Å². The van der Waals surface area contributed by atoms with E-state index in [4.69, 9.17) is 0 Å². The molecule has 2 heterocycles. The molecule has 2 amide bonds. The molecule has 0 saturated carbocycles. The smallest absolute Gasteiger partial charge is 0.271 e. The van der Waals surface area contributed by atoms with Gasteiger partial charge in [0.25, 0.3) is 11.8 Å². The number of carbonyl (C=O) groups excluding carboxylic acids is 2. The number of carbonyl (C=O) groups is 2. The van der Waals surface area contributed by atoms with Crippen LogP contribution in [0.2, 0.25) is 0 Å². The maximum Gasteiger partial charge on any atom is 0.271 e. The number of aryl methyl sites for hydroxylation is 1. The molecular weight excluding hydrogens is 323 g/mol. The molecule has 6 nitrogen and oxygen atoms in total. The highest BCUT2D eigenvalue weighted by atomic mass is 19.1. The van der Waals surface area contributed by atoms with Crippen LogP contribution in [0.3, 0.4) is 0 Å². The van der Waals surface area contributed by atoms with Gasteiger partial charge in [0.05, 0.1) is 12.6 Å². The van der Waals surface area contributed by atoms with Crippen molar-refractivity contribution in [3.8, 4) is 0 Å². The fourth-order valence-corrected chi connectivity index (χ4v) is 2.85. The number of halogens is 1. The van der Waals surface area contributed by atoms with Gasteiger partial charge >= 0.3 is 0 Å². The molecule has 7 heteroatoms. The molecule has 0 saturated heterocycles. The Kier molecular flexibility index (Phi) is 4.57. The van der Waals surface area contributed by atoms with E-state index in [0.29, 0.717) is 29.8 Å². The number of amides is 2. The summed E-state index contributed by atoms with van der Waals surface area (Å²) in [6, 6.07) is 6.11. The molecule has 3 rings (SSSR count). The Labute approximate surface area is 145 Å². The third-order valence-corrected chi connectivity index (χ3v) is 4.13. The Morgan fingerprint density at radius 2 is 2.04 bits per heavy atom. The van der Waals surface area contributed by atoms with Crippen molar-refractivity contribution < 1.29 is 14.0 Å². The first-order valence-corrected chi connectivity index (χ1v) is 8.28. The van der Waals surface area contributed by atoms with Crippen LogP contribution in [0, 0.1) is 12.7 Å². The van der Waals surface area contributed by atoms with Crippen LogP contribution in [-0.2, 0) is 13.0 Å². The molecule has 132 valence electrons. The first-order valence-electron chi connectivity index (χ1n) is 8.28. The molecular formula is C18H21FN4O2. The monoisotopic (exact) mass is 344 g/mol. The summed E-state index contributed by atoms with van der Waals surface area (Å²) in [5.74, 6) is -0.909. The lowest BCUT2D eigenvalue weighted by molar-refractivity contribution is 0.0923. The van der Waals surface area contributed by atoms with Crippen LogP contribution >= 0.6 is 0 Å². The van der Waals surface area contributed by atoms with E-state index in [9.17, 15) is 14.0 Å². The number of hydrogen-bond donors (Lipinski definition) is 2. The molecule has 0 fully saturated rings. The van der Waals surface area contributed by atoms with E-state index in [2.05, 4.69) is 15.7 Å². The number of fused-ring (bicyclic) bond motifs is 1. The number of aromatic nitrogens is 2. The van der Waals surface area contributed by atoms with Gasteiger partial charge in [-0.2, -0.15) is 5.10 Å². The second-order valence-electron chi connectivity index (χ2n) is 6.67. The van der Waals surface area contributed by atoms with E-state index in [-0.39, 0.29) is 23.9 Å². The van der Waals surface area contributed by atoms with E-state index < -0.39 is 5.82 Å². The van der Waals surface area contributed by atoms with Crippen LogP contribution in [-0.4, -0.2) is 33.7 Å². The van der Waals surface area contributed by atoms with E-state index >= 15 is 0 Å². The Hall–Kier alpha value is -2.70. The maximum absolute atomic E-state index is 13.6. The van der Waals surface area contributed by atoms with Crippen molar-refractivity contribution in [1.82, 2.24) is 20.4 Å². The summed E-state index contributed by atoms with van der Waals surface area (Å²) in [6.07, 6.45) is 0.585. The molecule has 0 spiro atoms. The molecule has 1 aromatic heterocycles. The molecule has 1 aliphatic heterocycles. The maximum atomic E-state index is 13.6. The van der Waals surface area contributed by atoms with Crippen molar-refractivity contribution >= 4 is 11.8 Å². The third kappa shape index (κ3) is 3.70. The largest absolute Gasteiger partial charge is 0.348 e. The number of benzene rings is 1. The van der Waals surface area contributed by atoms with Gasteiger partial charge in [0.2, 0.25) is 0 Å². The molecule has 1 aromatic carbocycles. The van der Waals surface area contributed by atoms with Crippen molar-refractivity contribution in [3.63, 3.8) is 0 Å². The first kappa shape index (κ1) is 17.1. The molecule has 1 atom stereocenters. The molecule has 0 aliphatic carbocycles. The van der Waals surface area contributed by atoms with Crippen LogP contribution in [0.5, 0.6) is 0 Å². The van der Waals surface area contributed by atoms with Crippen LogP contribution in [0.1, 0.15) is 46.0 Å². The van der Waals surface area contributed by atoms with Gasteiger partial charge in [-0.05, 0) is 44.5 Å². The molecule has 0 bridgehead atoms. The average Bonchev–Trinajstić information content (AvgIpc) is 3.07. The van der Waals surface area contributed by atoms with E-state index in [1.807, 2.05) is 13.8 Å². The zero-order valence-corrected chi connectivity index (χ0v) is 14.5. The predicted octanol–water partition coefficient (Wildman–Crippen LogP) is 1.82. The Morgan fingerprint density at radius 3 is 2.68 bits per heavy atom. The van der Waals surface area contributed by atoms with Crippen LogP contribution in [0.4, 0.5) is 4.39 Å². The van der Waals surface area contributed by atoms with Crippen LogP contribution < -0.4 is 10.6 Å². The number of hydrogen-bond acceptors (Lipinski definition) is 3. The van der Waals surface area contributed by atoms with Crippen molar-refractivity contribution in [3.05, 3.63) is 52.6 Å². The summed E-state index contributed by atoms with van der Waals surface area (Å²) in [5, 5.41) is 9.98. The lowest BCUT2D eigenvalue weighted by Gasteiger charge is -2.12. The van der Waals surface area contributed by atoms with Crippen LogP contribution in [0.25, 0.3) is 0 Å². The predicted molar refractivity (Wildman–Crippen MR) is 90.9 cm³/mol. The molecule has 2 N–H and O–H groups in total. The topological polar surface area (TPSA) is 76.0 Å². The molecule has 0 radical (unpaired) electrons. The summed E-state index contributed by atoms with van der Waals surface area (Å²) < 4.78 is 15.3. The minimum atomic E-state index is -0.396. The fourth-order valence-electron chi connectivity index (χ4n) is 2.85. The SMILES string of the molecule is Cc1ccc(C(=O)NC2Cc3cc(C(=O)NC(C)C)nn3C2)cc1F. The number of rotatable bonds is 4. The lowest BCUT2D eigenvalue weighted by Crippen LogP contribution is -2.36. The molecule has 2 aromatic rings. The highest BCUT2D eigenvalue weighted by Crippen LogP contribution is 2.17. The van der Waals surface area contributed by atoms with Gasteiger partial charge in [-0.1, -0.05) is 6.07 Å².